The molecule has 11 heteroatoms. The van der Waals surface area contributed by atoms with Gasteiger partial charge in [-0.3, -0.25) is 4.79 Å². The topological polar surface area (TPSA) is 150 Å². The predicted molar refractivity (Wildman–Crippen MR) is 141 cm³/mol. The van der Waals surface area contributed by atoms with Crippen LogP contribution in [0.4, 0.5) is 22.1 Å². The molecule has 0 saturated carbocycles. The molecular formula is C26H38N6O5. The number of alkyl carbamates (subject to hydrolysis) is 1. The number of rotatable bonds is 11. The summed E-state index contributed by atoms with van der Waals surface area (Å²) in [6.07, 6.45) is 2.50. The second kappa shape index (κ2) is 13.1. The summed E-state index contributed by atoms with van der Waals surface area (Å²) in [6, 6.07) is 7.51. The van der Waals surface area contributed by atoms with E-state index in [1.165, 1.54) is 0 Å². The summed E-state index contributed by atoms with van der Waals surface area (Å²) in [7, 11) is 0. The Labute approximate surface area is 217 Å². The molecule has 1 aromatic heterocycles. The van der Waals surface area contributed by atoms with Gasteiger partial charge in [-0.25, -0.2) is 14.8 Å². The molecule has 0 aliphatic carbocycles. The fraction of sp³-hybridized carbons (Fsp3) is 0.538. The lowest BCUT2D eigenvalue weighted by Gasteiger charge is -2.25. The fourth-order valence-corrected chi connectivity index (χ4v) is 3.69. The number of anilines is 3. The first-order valence-electron chi connectivity index (χ1n) is 12.7. The van der Waals surface area contributed by atoms with Crippen molar-refractivity contribution in [1.29, 1.82) is 0 Å². The van der Waals surface area contributed by atoms with Crippen molar-refractivity contribution in [3.05, 3.63) is 35.7 Å². The van der Waals surface area contributed by atoms with E-state index in [0.29, 0.717) is 62.2 Å². The molecule has 1 saturated heterocycles. The quantitative estimate of drug-likeness (QED) is 0.329. The van der Waals surface area contributed by atoms with Crippen LogP contribution in [0.25, 0.3) is 0 Å². The largest absolute Gasteiger partial charge is 0.493 e. The number of aryl methyl sites for hydroxylation is 1. The van der Waals surface area contributed by atoms with Crippen molar-refractivity contribution in [2.45, 2.75) is 65.0 Å². The molecule has 1 aliphatic heterocycles. The van der Waals surface area contributed by atoms with Crippen molar-refractivity contribution >= 4 is 29.3 Å². The van der Waals surface area contributed by atoms with Crippen LogP contribution >= 0.6 is 0 Å². The molecule has 0 radical (unpaired) electrons. The SMILES string of the molecule is CCc1nc(C(N)=O)c(Nc2cccc(OCCCNC(=O)OC(C)(C)C)c2)nc1NC1CCOCC1. The number of hydrogen-bond donors (Lipinski definition) is 4. The average molecular weight is 515 g/mol. The number of nitrogens with zero attached hydrogens (tertiary/aromatic N) is 2. The molecule has 1 aliphatic rings. The second-order valence-corrected chi connectivity index (χ2v) is 9.75. The van der Waals surface area contributed by atoms with Gasteiger partial charge in [0, 0.05) is 37.6 Å². The van der Waals surface area contributed by atoms with Crippen LogP contribution in [0, 0.1) is 0 Å². The summed E-state index contributed by atoms with van der Waals surface area (Å²) in [5.41, 5.74) is 6.52. The van der Waals surface area contributed by atoms with Gasteiger partial charge in [-0.1, -0.05) is 13.0 Å². The summed E-state index contributed by atoms with van der Waals surface area (Å²) in [4.78, 5) is 33.1. The van der Waals surface area contributed by atoms with Crippen LogP contribution in [0.5, 0.6) is 5.75 Å². The van der Waals surface area contributed by atoms with E-state index < -0.39 is 17.6 Å². The van der Waals surface area contributed by atoms with E-state index in [1.807, 2.05) is 45.9 Å². The predicted octanol–water partition coefficient (Wildman–Crippen LogP) is 3.77. The minimum atomic E-state index is -0.660. The summed E-state index contributed by atoms with van der Waals surface area (Å²) in [6.45, 7) is 9.62. The molecule has 5 N–H and O–H groups in total. The molecule has 3 rings (SSSR count). The van der Waals surface area contributed by atoms with E-state index in [4.69, 9.17) is 24.9 Å². The third-order valence-corrected chi connectivity index (χ3v) is 5.45. The number of aromatic nitrogens is 2. The number of ether oxygens (including phenoxy) is 3. The molecule has 2 aromatic rings. The highest BCUT2D eigenvalue weighted by atomic mass is 16.6. The Balaban J connectivity index is 1.64. The number of carbonyl (C=O) groups is 2. The Morgan fingerprint density at radius 1 is 1.16 bits per heavy atom. The Morgan fingerprint density at radius 2 is 1.92 bits per heavy atom. The van der Waals surface area contributed by atoms with Crippen LogP contribution in [0.1, 0.15) is 63.1 Å². The molecule has 37 heavy (non-hydrogen) atoms. The van der Waals surface area contributed by atoms with Gasteiger partial charge in [0.15, 0.2) is 17.3 Å². The van der Waals surface area contributed by atoms with Crippen molar-refractivity contribution in [3.8, 4) is 5.75 Å². The molecule has 1 fully saturated rings. The maximum absolute atomic E-state index is 12.2. The van der Waals surface area contributed by atoms with Gasteiger partial charge >= 0.3 is 6.09 Å². The van der Waals surface area contributed by atoms with Crippen molar-refractivity contribution in [2.24, 2.45) is 5.73 Å². The molecule has 2 heterocycles. The number of nitrogens with two attached hydrogens (primary N) is 1. The number of carbonyl (C=O) groups excluding carboxylic acids is 2. The van der Waals surface area contributed by atoms with Gasteiger partial charge < -0.3 is 35.9 Å². The second-order valence-electron chi connectivity index (χ2n) is 9.75. The van der Waals surface area contributed by atoms with Gasteiger partial charge in [0.05, 0.1) is 12.3 Å². The van der Waals surface area contributed by atoms with Crippen LogP contribution < -0.4 is 26.4 Å². The fourth-order valence-electron chi connectivity index (χ4n) is 3.69. The standard InChI is InChI=1S/C26H38N6O5/c1-5-20-23(29-17-10-14-35-15-11-17)32-24(21(31-20)22(27)33)30-18-8-6-9-19(16-18)36-13-7-12-28-25(34)37-26(2,3)4/h6,8-9,16-17H,5,7,10-15H2,1-4H3,(H2,27,33)(H,28,34)(H2,29,30,32). The van der Waals surface area contributed by atoms with Gasteiger partial charge in [0.1, 0.15) is 11.4 Å². The maximum Gasteiger partial charge on any atom is 0.407 e. The van der Waals surface area contributed by atoms with E-state index in [2.05, 4.69) is 20.9 Å². The molecule has 1 aromatic carbocycles. The molecule has 0 bridgehead atoms. The molecular weight excluding hydrogens is 476 g/mol. The monoisotopic (exact) mass is 514 g/mol. The number of benzene rings is 1. The van der Waals surface area contributed by atoms with Gasteiger partial charge in [-0.05, 0) is 58.6 Å². The van der Waals surface area contributed by atoms with Crippen molar-refractivity contribution in [2.75, 3.05) is 37.0 Å². The first-order chi connectivity index (χ1) is 17.6. The smallest absolute Gasteiger partial charge is 0.407 e. The Hall–Kier alpha value is -3.60. The summed E-state index contributed by atoms with van der Waals surface area (Å²) in [5, 5.41) is 9.33. The Bertz CT molecular complexity index is 1070. The van der Waals surface area contributed by atoms with E-state index >= 15 is 0 Å². The highest BCUT2D eigenvalue weighted by Gasteiger charge is 2.21. The van der Waals surface area contributed by atoms with Crippen molar-refractivity contribution < 1.29 is 23.8 Å². The Morgan fingerprint density at radius 3 is 2.59 bits per heavy atom. The first kappa shape index (κ1) is 28.0. The van der Waals surface area contributed by atoms with Crippen LogP contribution in [-0.4, -0.2) is 60.0 Å². The highest BCUT2D eigenvalue weighted by molar-refractivity contribution is 5.96. The lowest BCUT2D eigenvalue weighted by molar-refractivity contribution is 0.0525. The van der Waals surface area contributed by atoms with Gasteiger partial charge in [-0.15, -0.1) is 0 Å². The zero-order valence-electron chi connectivity index (χ0n) is 22.1. The lowest BCUT2D eigenvalue weighted by Crippen LogP contribution is -2.33. The number of nitrogens with one attached hydrogen (secondary N) is 3. The normalized spacial score (nSPS) is 14.1. The van der Waals surface area contributed by atoms with Crippen LogP contribution in [0.3, 0.4) is 0 Å². The minimum absolute atomic E-state index is 0.0777. The molecule has 0 atom stereocenters. The van der Waals surface area contributed by atoms with E-state index in [1.54, 1.807) is 6.07 Å². The molecule has 2 amide bonds. The van der Waals surface area contributed by atoms with Gasteiger partial charge in [-0.2, -0.15) is 0 Å². The third kappa shape index (κ3) is 9.09. The first-order valence-corrected chi connectivity index (χ1v) is 12.7. The Kier molecular flexibility index (Phi) is 9.90. The van der Waals surface area contributed by atoms with Crippen molar-refractivity contribution in [1.82, 2.24) is 15.3 Å². The zero-order valence-corrected chi connectivity index (χ0v) is 22.1. The third-order valence-electron chi connectivity index (χ3n) is 5.45. The van der Waals surface area contributed by atoms with Crippen molar-refractivity contribution in [3.63, 3.8) is 0 Å². The van der Waals surface area contributed by atoms with Crippen LogP contribution in [0.15, 0.2) is 24.3 Å². The lowest BCUT2D eigenvalue weighted by atomic mass is 10.1. The number of primary amides is 1. The number of hydrogen-bond acceptors (Lipinski definition) is 9. The number of amides is 2. The summed E-state index contributed by atoms with van der Waals surface area (Å²) < 4.78 is 16.5. The van der Waals surface area contributed by atoms with Crippen LogP contribution in [0.2, 0.25) is 0 Å². The minimum Gasteiger partial charge on any atom is -0.493 e. The zero-order chi connectivity index (χ0) is 26.8. The summed E-state index contributed by atoms with van der Waals surface area (Å²) in [5.74, 6) is 0.874. The van der Waals surface area contributed by atoms with Gasteiger partial charge in [0.25, 0.3) is 5.91 Å². The summed E-state index contributed by atoms with van der Waals surface area (Å²) >= 11 is 0. The maximum atomic E-state index is 12.2. The van der Waals surface area contributed by atoms with Gasteiger partial charge in [0.2, 0.25) is 0 Å². The molecule has 0 spiro atoms. The molecule has 11 nitrogen and oxygen atoms in total. The average Bonchev–Trinajstić information content (AvgIpc) is 2.83. The van der Waals surface area contributed by atoms with E-state index in [-0.39, 0.29) is 17.6 Å². The van der Waals surface area contributed by atoms with E-state index in [9.17, 15) is 9.59 Å². The van der Waals surface area contributed by atoms with Crippen LogP contribution in [-0.2, 0) is 15.9 Å². The molecule has 0 unspecified atom stereocenters. The molecule has 202 valence electrons. The highest BCUT2D eigenvalue weighted by Crippen LogP contribution is 2.26. The van der Waals surface area contributed by atoms with E-state index in [0.717, 1.165) is 12.8 Å².